The van der Waals surface area contributed by atoms with Crippen molar-refractivity contribution < 1.29 is 4.39 Å². The van der Waals surface area contributed by atoms with Crippen LogP contribution in [0.1, 0.15) is 18.9 Å². The Bertz CT molecular complexity index is 344. The summed E-state index contributed by atoms with van der Waals surface area (Å²) in [4.78, 5) is 2.58. The molecule has 0 N–H and O–H groups in total. The molecule has 1 atom stereocenters. The summed E-state index contributed by atoms with van der Waals surface area (Å²) in [7, 11) is 1.98. The number of nitrogens with zero attached hydrogens (tertiary/aromatic N) is 1. The molecule has 0 heterocycles. The summed E-state index contributed by atoms with van der Waals surface area (Å²) in [5.74, 6) is -0.303. The van der Waals surface area contributed by atoms with Gasteiger partial charge in [-0.05, 0) is 26.1 Å². The van der Waals surface area contributed by atoms with Crippen molar-refractivity contribution in [2.24, 2.45) is 0 Å². The van der Waals surface area contributed by atoms with Gasteiger partial charge in [-0.15, -0.1) is 0 Å². The highest BCUT2D eigenvalue weighted by Gasteiger charge is 2.09. The molecule has 0 spiro atoms. The SMILES string of the molecule is CC(Br)CCN(C)Cc1cccc(Cl)c1F. The number of hydrogen-bond donors (Lipinski definition) is 0. The molecule has 1 aromatic carbocycles. The molecule has 0 fully saturated rings. The fourth-order valence-electron chi connectivity index (χ4n) is 1.44. The second-order valence-corrected chi connectivity index (χ2v) is 5.99. The van der Waals surface area contributed by atoms with E-state index in [2.05, 4.69) is 27.8 Å². The van der Waals surface area contributed by atoms with Crippen LogP contribution in [-0.2, 0) is 6.54 Å². The smallest absolute Gasteiger partial charge is 0.146 e. The predicted molar refractivity (Wildman–Crippen MR) is 70.8 cm³/mol. The van der Waals surface area contributed by atoms with Gasteiger partial charge >= 0.3 is 0 Å². The van der Waals surface area contributed by atoms with Crippen molar-refractivity contribution in [3.05, 3.63) is 34.6 Å². The highest BCUT2D eigenvalue weighted by atomic mass is 79.9. The number of rotatable bonds is 5. The fourth-order valence-corrected chi connectivity index (χ4v) is 1.84. The van der Waals surface area contributed by atoms with Gasteiger partial charge in [-0.2, -0.15) is 0 Å². The molecule has 1 aromatic rings. The Hall–Kier alpha value is -0.120. The normalized spacial score (nSPS) is 13.1. The minimum absolute atomic E-state index is 0.194. The largest absolute Gasteiger partial charge is 0.302 e. The van der Waals surface area contributed by atoms with Crippen molar-refractivity contribution in [2.75, 3.05) is 13.6 Å². The molecule has 1 nitrogen and oxygen atoms in total. The Labute approximate surface area is 110 Å². The van der Waals surface area contributed by atoms with Gasteiger partial charge in [-0.25, -0.2) is 4.39 Å². The van der Waals surface area contributed by atoms with Crippen LogP contribution in [0.2, 0.25) is 5.02 Å². The third-order valence-electron chi connectivity index (χ3n) is 2.38. The van der Waals surface area contributed by atoms with E-state index in [0.717, 1.165) is 13.0 Å². The summed E-state index contributed by atoms with van der Waals surface area (Å²) in [6, 6.07) is 5.12. The summed E-state index contributed by atoms with van der Waals surface area (Å²) in [5, 5.41) is 0.194. The minimum atomic E-state index is -0.303. The third kappa shape index (κ3) is 4.40. The lowest BCUT2D eigenvalue weighted by Gasteiger charge is -2.18. The van der Waals surface area contributed by atoms with Gasteiger partial charge in [0.1, 0.15) is 5.82 Å². The average Bonchev–Trinajstić information content (AvgIpc) is 2.22. The van der Waals surface area contributed by atoms with E-state index in [4.69, 9.17) is 11.6 Å². The van der Waals surface area contributed by atoms with Crippen molar-refractivity contribution >= 4 is 27.5 Å². The van der Waals surface area contributed by atoms with Crippen LogP contribution in [-0.4, -0.2) is 23.3 Å². The van der Waals surface area contributed by atoms with Gasteiger partial charge in [-0.1, -0.05) is 46.6 Å². The van der Waals surface area contributed by atoms with Crippen LogP contribution in [0, 0.1) is 5.82 Å². The molecule has 1 unspecified atom stereocenters. The van der Waals surface area contributed by atoms with E-state index in [-0.39, 0.29) is 10.8 Å². The molecule has 1 rings (SSSR count). The maximum absolute atomic E-state index is 13.6. The van der Waals surface area contributed by atoms with E-state index in [1.54, 1.807) is 18.2 Å². The Kier molecular flexibility index (Phi) is 5.73. The van der Waals surface area contributed by atoms with E-state index in [9.17, 15) is 4.39 Å². The number of hydrogen-bond acceptors (Lipinski definition) is 1. The quantitative estimate of drug-likeness (QED) is 0.741. The lowest BCUT2D eigenvalue weighted by atomic mass is 10.2. The number of halogens is 3. The third-order valence-corrected chi connectivity index (χ3v) is 3.13. The highest BCUT2D eigenvalue weighted by molar-refractivity contribution is 9.09. The maximum Gasteiger partial charge on any atom is 0.146 e. The van der Waals surface area contributed by atoms with E-state index < -0.39 is 0 Å². The summed E-state index contributed by atoms with van der Waals surface area (Å²) in [5.41, 5.74) is 0.650. The topological polar surface area (TPSA) is 3.24 Å². The Balaban J connectivity index is 2.56. The first-order chi connectivity index (χ1) is 7.50. The molecule has 0 aliphatic heterocycles. The summed E-state index contributed by atoms with van der Waals surface area (Å²) in [6.45, 7) is 3.62. The van der Waals surface area contributed by atoms with Crippen LogP contribution < -0.4 is 0 Å². The highest BCUT2D eigenvalue weighted by Crippen LogP contribution is 2.19. The van der Waals surface area contributed by atoms with Crippen LogP contribution >= 0.6 is 27.5 Å². The average molecular weight is 309 g/mol. The van der Waals surface area contributed by atoms with E-state index in [1.165, 1.54) is 0 Å². The second-order valence-electron chi connectivity index (χ2n) is 4.02. The number of alkyl halides is 1. The Morgan fingerprint density at radius 3 is 2.81 bits per heavy atom. The Morgan fingerprint density at radius 2 is 2.19 bits per heavy atom. The van der Waals surface area contributed by atoms with E-state index in [0.29, 0.717) is 16.9 Å². The first kappa shape index (κ1) is 13.9. The Morgan fingerprint density at radius 1 is 1.50 bits per heavy atom. The molecule has 0 aliphatic rings. The van der Waals surface area contributed by atoms with Gasteiger partial charge in [0.25, 0.3) is 0 Å². The zero-order valence-electron chi connectivity index (χ0n) is 9.51. The van der Waals surface area contributed by atoms with Gasteiger partial charge in [0, 0.05) is 16.9 Å². The van der Waals surface area contributed by atoms with Crippen molar-refractivity contribution in [2.45, 2.75) is 24.7 Å². The van der Waals surface area contributed by atoms with Gasteiger partial charge in [0.15, 0.2) is 0 Å². The molecule has 4 heteroatoms. The molecular weight excluding hydrogens is 292 g/mol. The molecule has 0 radical (unpaired) electrons. The lowest BCUT2D eigenvalue weighted by Crippen LogP contribution is -2.21. The van der Waals surface area contributed by atoms with Crippen molar-refractivity contribution in [1.82, 2.24) is 4.90 Å². The summed E-state index contributed by atoms with van der Waals surface area (Å²) < 4.78 is 13.6. The first-order valence-corrected chi connectivity index (χ1v) is 6.55. The zero-order chi connectivity index (χ0) is 12.1. The fraction of sp³-hybridized carbons (Fsp3) is 0.500. The van der Waals surface area contributed by atoms with Crippen LogP contribution in [0.5, 0.6) is 0 Å². The van der Waals surface area contributed by atoms with E-state index in [1.807, 2.05) is 7.05 Å². The molecule has 0 bridgehead atoms. The van der Waals surface area contributed by atoms with Gasteiger partial charge in [-0.3, -0.25) is 0 Å². The number of benzene rings is 1. The van der Waals surface area contributed by atoms with Crippen molar-refractivity contribution in [3.8, 4) is 0 Å². The minimum Gasteiger partial charge on any atom is -0.302 e. The first-order valence-electron chi connectivity index (χ1n) is 5.26. The monoisotopic (exact) mass is 307 g/mol. The maximum atomic E-state index is 13.6. The van der Waals surface area contributed by atoms with Gasteiger partial charge < -0.3 is 4.90 Å². The molecular formula is C12H16BrClFN. The van der Waals surface area contributed by atoms with Crippen molar-refractivity contribution in [3.63, 3.8) is 0 Å². The van der Waals surface area contributed by atoms with Crippen molar-refractivity contribution in [1.29, 1.82) is 0 Å². The van der Waals surface area contributed by atoms with Crippen LogP contribution in [0.4, 0.5) is 4.39 Å². The molecule has 0 aliphatic carbocycles. The van der Waals surface area contributed by atoms with Crippen LogP contribution in [0.15, 0.2) is 18.2 Å². The second kappa shape index (κ2) is 6.58. The molecule has 0 saturated heterocycles. The standard InChI is InChI=1S/C12H16BrClFN/c1-9(13)6-7-16(2)8-10-4-3-5-11(14)12(10)15/h3-5,9H,6-8H2,1-2H3. The summed E-state index contributed by atoms with van der Waals surface area (Å²) >= 11 is 9.22. The van der Waals surface area contributed by atoms with Gasteiger partial charge in [0.2, 0.25) is 0 Å². The molecule has 0 aromatic heterocycles. The predicted octanol–water partition coefficient (Wildman–Crippen LogP) is 4.08. The molecule has 0 saturated carbocycles. The molecule has 0 amide bonds. The zero-order valence-corrected chi connectivity index (χ0v) is 11.9. The lowest BCUT2D eigenvalue weighted by molar-refractivity contribution is 0.317. The summed E-state index contributed by atoms with van der Waals surface area (Å²) in [6.07, 6.45) is 1.04. The molecule has 90 valence electrons. The van der Waals surface area contributed by atoms with Gasteiger partial charge in [0.05, 0.1) is 5.02 Å². The molecule has 16 heavy (non-hydrogen) atoms. The van der Waals surface area contributed by atoms with E-state index >= 15 is 0 Å². The van der Waals surface area contributed by atoms with Crippen LogP contribution in [0.25, 0.3) is 0 Å². The van der Waals surface area contributed by atoms with Crippen LogP contribution in [0.3, 0.4) is 0 Å².